The SMILES string of the molecule is O=C1N=CC(N2CCCCC2)=N1. The molecular weight excluding hydrogens is 154 g/mol. The number of hydrogen-bond donors (Lipinski definition) is 0. The van der Waals surface area contributed by atoms with Crippen molar-refractivity contribution in [2.45, 2.75) is 19.3 Å². The van der Waals surface area contributed by atoms with E-state index in [9.17, 15) is 4.79 Å². The fraction of sp³-hybridized carbons (Fsp3) is 0.625. The van der Waals surface area contributed by atoms with E-state index < -0.39 is 0 Å². The molecule has 0 aromatic rings. The van der Waals surface area contributed by atoms with Gasteiger partial charge in [-0.15, -0.1) is 0 Å². The van der Waals surface area contributed by atoms with Gasteiger partial charge in [0.25, 0.3) is 0 Å². The number of amidine groups is 1. The molecule has 1 saturated heterocycles. The highest BCUT2D eigenvalue weighted by atomic mass is 16.2. The Balaban J connectivity index is 2.04. The van der Waals surface area contributed by atoms with Crippen molar-refractivity contribution >= 4 is 18.1 Å². The lowest BCUT2D eigenvalue weighted by Gasteiger charge is -2.26. The summed E-state index contributed by atoms with van der Waals surface area (Å²) in [5, 5.41) is 0. The fourth-order valence-electron chi connectivity index (χ4n) is 1.54. The van der Waals surface area contributed by atoms with Crippen molar-refractivity contribution in [3.63, 3.8) is 0 Å². The fourth-order valence-corrected chi connectivity index (χ4v) is 1.54. The molecule has 0 unspecified atom stereocenters. The highest BCUT2D eigenvalue weighted by Gasteiger charge is 2.17. The van der Waals surface area contributed by atoms with Crippen LogP contribution in [0.25, 0.3) is 0 Å². The molecule has 2 amide bonds. The number of hydrogen-bond acceptors (Lipinski definition) is 2. The van der Waals surface area contributed by atoms with Gasteiger partial charge in [-0.05, 0) is 19.3 Å². The third-order valence-corrected chi connectivity index (χ3v) is 2.18. The van der Waals surface area contributed by atoms with Crippen LogP contribution in [-0.4, -0.2) is 36.1 Å². The van der Waals surface area contributed by atoms with E-state index in [2.05, 4.69) is 14.9 Å². The molecule has 64 valence electrons. The van der Waals surface area contributed by atoms with Gasteiger partial charge in [-0.2, -0.15) is 9.98 Å². The van der Waals surface area contributed by atoms with Gasteiger partial charge in [-0.25, -0.2) is 4.79 Å². The standard InChI is InChI=1S/C8H11N3O/c12-8-9-6-7(10-8)11-4-2-1-3-5-11/h6H,1-5H2. The van der Waals surface area contributed by atoms with E-state index in [1.54, 1.807) is 6.21 Å². The summed E-state index contributed by atoms with van der Waals surface area (Å²) in [6.07, 6.45) is 5.24. The maximum Gasteiger partial charge on any atom is 0.369 e. The number of amides is 2. The summed E-state index contributed by atoms with van der Waals surface area (Å²) >= 11 is 0. The smallest absolute Gasteiger partial charge is 0.355 e. The van der Waals surface area contributed by atoms with E-state index in [4.69, 9.17) is 0 Å². The van der Waals surface area contributed by atoms with E-state index in [1.807, 2.05) is 0 Å². The molecule has 4 heteroatoms. The Hall–Kier alpha value is -1.19. The predicted octanol–water partition coefficient (Wildman–Crippen LogP) is 1.08. The number of carbonyl (C=O) groups is 1. The summed E-state index contributed by atoms with van der Waals surface area (Å²) < 4.78 is 0. The molecule has 0 bridgehead atoms. The van der Waals surface area contributed by atoms with Gasteiger partial charge in [0.05, 0.1) is 6.21 Å². The van der Waals surface area contributed by atoms with Crippen LogP contribution in [0.2, 0.25) is 0 Å². The van der Waals surface area contributed by atoms with Crippen molar-refractivity contribution in [2.24, 2.45) is 9.98 Å². The lowest BCUT2D eigenvalue weighted by molar-refractivity contribution is 0.257. The Bertz CT molecular complexity index is 251. The Morgan fingerprint density at radius 1 is 1.25 bits per heavy atom. The number of carbonyl (C=O) groups excluding carboxylic acids is 1. The number of rotatable bonds is 0. The maximum absolute atomic E-state index is 10.7. The summed E-state index contributed by atoms with van der Waals surface area (Å²) in [4.78, 5) is 20.2. The molecule has 4 nitrogen and oxygen atoms in total. The average molecular weight is 165 g/mol. The van der Waals surface area contributed by atoms with Crippen molar-refractivity contribution in [1.29, 1.82) is 0 Å². The molecule has 0 N–H and O–H groups in total. The van der Waals surface area contributed by atoms with Gasteiger partial charge in [0.2, 0.25) is 0 Å². The van der Waals surface area contributed by atoms with Crippen LogP contribution in [-0.2, 0) is 0 Å². The minimum atomic E-state index is -0.365. The molecule has 0 atom stereocenters. The maximum atomic E-state index is 10.7. The first-order chi connectivity index (χ1) is 5.86. The molecule has 0 aromatic heterocycles. The molecule has 1 fully saturated rings. The number of piperidine rings is 1. The molecule has 0 saturated carbocycles. The van der Waals surface area contributed by atoms with Gasteiger partial charge in [0.1, 0.15) is 0 Å². The summed E-state index contributed by atoms with van der Waals surface area (Å²) in [7, 11) is 0. The predicted molar refractivity (Wildman–Crippen MR) is 46.7 cm³/mol. The van der Waals surface area contributed by atoms with Crippen molar-refractivity contribution in [3.05, 3.63) is 0 Å². The Kier molecular flexibility index (Phi) is 1.89. The van der Waals surface area contributed by atoms with Crippen LogP contribution >= 0.6 is 0 Å². The summed E-state index contributed by atoms with van der Waals surface area (Å²) in [5.74, 6) is 0.750. The van der Waals surface area contributed by atoms with E-state index in [-0.39, 0.29) is 6.03 Å². The topological polar surface area (TPSA) is 45.0 Å². The normalized spacial score (nSPS) is 23.2. The second kappa shape index (κ2) is 3.05. The molecule has 2 aliphatic heterocycles. The zero-order valence-electron chi connectivity index (χ0n) is 6.86. The van der Waals surface area contributed by atoms with Gasteiger partial charge >= 0.3 is 6.03 Å². The third kappa shape index (κ3) is 1.37. The van der Waals surface area contributed by atoms with Crippen molar-refractivity contribution < 1.29 is 4.79 Å². The minimum absolute atomic E-state index is 0.365. The van der Waals surface area contributed by atoms with Gasteiger partial charge in [-0.1, -0.05) is 0 Å². The largest absolute Gasteiger partial charge is 0.369 e. The minimum Gasteiger partial charge on any atom is -0.355 e. The second-order valence-corrected chi connectivity index (χ2v) is 3.06. The van der Waals surface area contributed by atoms with E-state index in [0.29, 0.717) is 0 Å². The van der Waals surface area contributed by atoms with Crippen LogP contribution in [0.5, 0.6) is 0 Å². The zero-order valence-corrected chi connectivity index (χ0v) is 6.86. The van der Waals surface area contributed by atoms with Crippen LogP contribution in [0.15, 0.2) is 9.98 Å². The van der Waals surface area contributed by atoms with Crippen LogP contribution < -0.4 is 0 Å². The van der Waals surface area contributed by atoms with Gasteiger partial charge in [-0.3, -0.25) is 0 Å². The molecule has 2 aliphatic rings. The number of urea groups is 1. The monoisotopic (exact) mass is 165 g/mol. The zero-order chi connectivity index (χ0) is 8.39. The average Bonchev–Trinajstić information content (AvgIpc) is 2.54. The molecule has 12 heavy (non-hydrogen) atoms. The molecule has 0 aliphatic carbocycles. The third-order valence-electron chi connectivity index (χ3n) is 2.18. The Morgan fingerprint density at radius 3 is 2.58 bits per heavy atom. The molecular formula is C8H11N3O. The molecule has 2 heterocycles. The van der Waals surface area contributed by atoms with Crippen LogP contribution in [0.3, 0.4) is 0 Å². The first kappa shape index (κ1) is 7.46. The molecule has 0 spiro atoms. The van der Waals surface area contributed by atoms with Crippen molar-refractivity contribution in [2.75, 3.05) is 13.1 Å². The Labute approximate surface area is 71.0 Å². The first-order valence-corrected chi connectivity index (χ1v) is 4.28. The molecule has 2 rings (SSSR count). The van der Waals surface area contributed by atoms with Crippen LogP contribution in [0.4, 0.5) is 4.79 Å². The Morgan fingerprint density at radius 2 is 2.00 bits per heavy atom. The second-order valence-electron chi connectivity index (χ2n) is 3.06. The summed E-state index contributed by atoms with van der Waals surface area (Å²) in [6, 6.07) is -0.365. The van der Waals surface area contributed by atoms with Gasteiger partial charge in [0.15, 0.2) is 5.84 Å². The number of aliphatic imine (C=N–C) groups is 2. The molecule has 0 radical (unpaired) electrons. The summed E-state index contributed by atoms with van der Waals surface area (Å²) in [5.41, 5.74) is 0. The number of likely N-dealkylation sites (tertiary alicyclic amines) is 1. The van der Waals surface area contributed by atoms with E-state index >= 15 is 0 Å². The van der Waals surface area contributed by atoms with Crippen molar-refractivity contribution in [3.8, 4) is 0 Å². The molecule has 0 aromatic carbocycles. The van der Waals surface area contributed by atoms with E-state index in [0.717, 1.165) is 18.9 Å². The highest BCUT2D eigenvalue weighted by molar-refractivity contribution is 6.36. The lowest BCUT2D eigenvalue weighted by atomic mass is 10.1. The number of nitrogens with zero attached hydrogens (tertiary/aromatic N) is 3. The van der Waals surface area contributed by atoms with Crippen LogP contribution in [0.1, 0.15) is 19.3 Å². The van der Waals surface area contributed by atoms with Crippen molar-refractivity contribution in [1.82, 2.24) is 4.90 Å². The summed E-state index contributed by atoms with van der Waals surface area (Å²) in [6.45, 7) is 2.02. The highest BCUT2D eigenvalue weighted by Crippen LogP contribution is 2.10. The lowest BCUT2D eigenvalue weighted by Crippen LogP contribution is -2.35. The first-order valence-electron chi connectivity index (χ1n) is 4.28. The van der Waals surface area contributed by atoms with Gasteiger partial charge in [0, 0.05) is 13.1 Å². The quantitative estimate of drug-likeness (QED) is 0.539. The van der Waals surface area contributed by atoms with Crippen LogP contribution in [0, 0.1) is 0 Å². The van der Waals surface area contributed by atoms with E-state index in [1.165, 1.54) is 19.3 Å². The van der Waals surface area contributed by atoms with Gasteiger partial charge < -0.3 is 4.90 Å².